The van der Waals surface area contributed by atoms with E-state index in [9.17, 15) is 18.4 Å². The van der Waals surface area contributed by atoms with Crippen LogP contribution in [0.5, 0.6) is 0 Å². The molecule has 0 amide bonds. The Morgan fingerprint density at radius 2 is 1.55 bits per heavy atom. The fourth-order valence-corrected chi connectivity index (χ4v) is 3.93. The van der Waals surface area contributed by atoms with Gasteiger partial charge in [0.15, 0.2) is 0 Å². The maximum Gasteiger partial charge on any atom is 0.416 e. The molecule has 2 saturated heterocycles. The molecule has 0 spiro atoms. The largest absolute Gasteiger partial charge is 0.416 e. The second-order valence-corrected chi connectivity index (χ2v) is 7.82. The van der Waals surface area contributed by atoms with Crippen LogP contribution >= 0.6 is 0 Å². The fourth-order valence-electron chi connectivity index (χ4n) is 3.93. The Hall–Kier alpha value is -3.06. The lowest BCUT2D eigenvalue weighted by molar-refractivity contribution is -0.137. The van der Waals surface area contributed by atoms with E-state index in [1.54, 1.807) is 6.20 Å². The highest BCUT2D eigenvalue weighted by molar-refractivity contribution is 5.62. The van der Waals surface area contributed by atoms with Crippen molar-refractivity contribution in [3.8, 4) is 6.07 Å². The first kappa shape index (κ1) is 21.2. The lowest BCUT2D eigenvalue weighted by atomic mass is 10.1. The van der Waals surface area contributed by atoms with E-state index < -0.39 is 11.7 Å². The highest BCUT2D eigenvalue weighted by Gasteiger charge is 2.32. The maximum absolute atomic E-state index is 13.0. The summed E-state index contributed by atoms with van der Waals surface area (Å²) in [5, 5.41) is 9.36. The first-order valence-electron chi connectivity index (χ1n) is 10.2. The SMILES string of the molecule is CN1CCN(c2nccc(N3CCN(c4ccc(C(F)(F)F)cc4C#N)CC3)n2)CC1. The van der Waals surface area contributed by atoms with Crippen LogP contribution in [-0.4, -0.2) is 74.3 Å². The third kappa shape index (κ3) is 4.66. The summed E-state index contributed by atoms with van der Waals surface area (Å²) in [4.78, 5) is 17.7. The Bertz CT molecular complexity index is 956. The second kappa shape index (κ2) is 8.59. The molecule has 4 rings (SSSR count). The third-order valence-electron chi connectivity index (χ3n) is 5.80. The number of anilines is 3. The van der Waals surface area contributed by atoms with Gasteiger partial charge in [-0.1, -0.05) is 0 Å². The van der Waals surface area contributed by atoms with Crippen LogP contribution in [0, 0.1) is 11.3 Å². The van der Waals surface area contributed by atoms with Crippen molar-refractivity contribution in [2.24, 2.45) is 0 Å². The van der Waals surface area contributed by atoms with Crippen LogP contribution in [0.4, 0.5) is 30.6 Å². The molecule has 2 aliphatic heterocycles. The number of piperazine rings is 2. The zero-order valence-corrected chi connectivity index (χ0v) is 17.3. The van der Waals surface area contributed by atoms with Crippen molar-refractivity contribution in [1.29, 1.82) is 5.26 Å². The molecule has 0 atom stereocenters. The van der Waals surface area contributed by atoms with Gasteiger partial charge in [0.1, 0.15) is 11.9 Å². The molecule has 2 aliphatic rings. The summed E-state index contributed by atoms with van der Waals surface area (Å²) in [5.41, 5.74) is -0.220. The predicted octanol–water partition coefficient (Wildman–Crippen LogP) is 2.45. The van der Waals surface area contributed by atoms with Gasteiger partial charge in [0.2, 0.25) is 5.95 Å². The van der Waals surface area contributed by atoms with Crippen molar-refractivity contribution in [3.05, 3.63) is 41.6 Å². The summed E-state index contributed by atoms with van der Waals surface area (Å²) < 4.78 is 38.9. The molecular formula is C21H24F3N7. The van der Waals surface area contributed by atoms with Gasteiger partial charge >= 0.3 is 6.18 Å². The molecule has 0 bridgehead atoms. The zero-order chi connectivity index (χ0) is 22.0. The average Bonchev–Trinajstić information content (AvgIpc) is 2.79. The number of hydrogen-bond acceptors (Lipinski definition) is 7. The number of aromatic nitrogens is 2. The van der Waals surface area contributed by atoms with Crippen LogP contribution in [0.15, 0.2) is 30.5 Å². The Morgan fingerprint density at radius 1 is 0.903 bits per heavy atom. The van der Waals surface area contributed by atoms with Gasteiger partial charge < -0.3 is 19.6 Å². The van der Waals surface area contributed by atoms with Crippen LogP contribution in [0.1, 0.15) is 11.1 Å². The molecule has 0 saturated carbocycles. The fraction of sp³-hybridized carbons (Fsp3) is 0.476. The van der Waals surface area contributed by atoms with Gasteiger partial charge in [0.25, 0.3) is 0 Å². The van der Waals surface area contributed by atoms with E-state index in [1.807, 2.05) is 17.0 Å². The van der Waals surface area contributed by atoms with Gasteiger partial charge in [-0.25, -0.2) is 4.98 Å². The van der Waals surface area contributed by atoms with Crippen molar-refractivity contribution < 1.29 is 13.2 Å². The van der Waals surface area contributed by atoms with E-state index >= 15 is 0 Å². The zero-order valence-electron chi connectivity index (χ0n) is 17.3. The number of likely N-dealkylation sites (N-methyl/N-ethyl adjacent to an activating group) is 1. The molecule has 0 unspecified atom stereocenters. The Morgan fingerprint density at radius 3 is 2.19 bits per heavy atom. The quantitative estimate of drug-likeness (QED) is 0.740. The summed E-state index contributed by atoms with van der Waals surface area (Å²) in [6.45, 7) is 6.22. The second-order valence-electron chi connectivity index (χ2n) is 7.82. The molecule has 7 nitrogen and oxygen atoms in total. The molecule has 2 aromatic rings. The standard InChI is InChI=1S/C21H24F3N7/c1-28-6-8-31(9-7-28)20-26-5-4-19(27-20)30-12-10-29(11-13-30)18-3-2-17(21(22,23)24)14-16(18)15-25/h2-5,14H,6-13H2,1H3. The molecular weight excluding hydrogens is 407 g/mol. The predicted molar refractivity (Wildman–Crippen MR) is 112 cm³/mol. The number of hydrogen-bond donors (Lipinski definition) is 0. The van der Waals surface area contributed by atoms with Crippen LogP contribution in [0.25, 0.3) is 0 Å². The summed E-state index contributed by atoms with van der Waals surface area (Å²) in [6, 6.07) is 7.15. The molecule has 0 aliphatic carbocycles. The van der Waals surface area contributed by atoms with Gasteiger partial charge in [0.05, 0.1) is 16.8 Å². The van der Waals surface area contributed by atoms with Gasteiger partial charge in [0, 0.05) is 58.6 Å². The summed E-state index contributed by atoms with van der Waals surface area (Å²) in [6.07, 6.45) is -2.69. The normalized spacial score (nSPS) is 18.2. The van der Waals surface area contributed by atoms with Crippen molar-refractivity contribution in [1.82, 2.24) is 14.9 Å². The third-order valence-corrected chi connectivity index (χ3v) is 5.80. The summed E-state index contributed by atoms with van der Waals surface area (Å²) in [5.74, 6) is 1.57. The highest BCUT2D eigenvalue weighted by atomic mass is 19.4. The van der Waals surface area contributed by atoms with E-state index in [0.29, 0.717) is 31.9 Å². The average molecular weight is 431 g/mol. The summed E-state index contributed by atoms with van der Waals surface area (Å²) in [7, 11) is 2.10. The summed E-state index contributed by atoms with van der Waals surface area (Å²) >= 11 is 0. The van der Waals surface area contributed by atoms with Crippen LogP contribution in [0.3, 0.4) is 0 Å². The van der Waals surface area contributed by atoms with E-state index in [-0.39, 0.29) is 5.56 Å². The van der Waals surface area contributed by atoms with E-state index in [4.69, 9.17) is 4.98 Å². The number of nitriles is 1. The number of alkyl halides is 3. The van der Waals surface area contributed by atoms with E-state index in [1.165, 1.54) is 6.07 Å². The van der Waals surface area contributed by atoms with Crippen molar-refractivity contribution >= 4 is 17.5 Å². The monoisotopic (exact) mass is 431 g/mol. The van der Waals surface area contributed by atoms with E-state index in [2.05, 4.69) is 26.7 Å². The molecule has 0 radical (unpaired) electrons. The molecule has 1 aromatic carbocycles. The number of benzene rings is 1. The molecule has 2 fully saturated rings. The number of rotatable bonds is 3. The van der Waals surface area contributed by atoms with Crippen LogP contribution in [0.2, 0.25) is 0 Å². The molecule has 31 heavy (non-hydrogen) atoms. The first-order valence-corrected chi connectivity index (χ1v) is 10.2. The Balaban J connectivity index is 1.44. The number of nitrogens with zero attached hydrogens (tertiary/aromatic N) is 7. The van der Waals surface area contributed by atoms with Crippen molar-refractivity contribution in [2.45, 2.75) is 6.18 Å². The van der Waals surface area contributed by atoms with E-state index in [0.717, 1.165) is 50.1 Å². The van der Waals surface area contributed by atoms with Gasteiger partial charge in [-0.05, 0) is 31.3 Å². The Kier molecular flexibility index (Phi) is 5.87. The minimum absolute atomic E-state index is 0.0441. The van der Waals surface area contributed by atoms with Crippen LogP contribution < -0.4 is 14.7 Å². The Labute approximate surface area is 179 Å². The lowest BCUT2D eigenvalue weighted by Crippen LogP contribution is -2.47. The van der Waals surface area contributed by atoms with Gasteiger partial charge in [-0.2, -0.15) is 23.4 Å². The first-order chi connectivity index (χ1) is 14.8. The minimum atomic E-state index is -4.46. The van der Waals surface area contributed by atoms with Gasteiger partial charge in [-0.15, -0.1) is 0 Å². The smallest absolute Gasteiger partial charge is 0.367 e. The molecule has 3 heterocycles. The molecule has 10 heteroatoms. The molecule has 164 valence electrons. The van der Waals surface area contributed by atoms with Gasteiger partial charge in [-0.3, -0.25) is 0 Å². The van der Waals surface area contributed by atoms with Crippen LogP contribution in [-0.2, 0) is 6.18 Å². The molecule has 0 N–H and O–H groups in total. The highest BCUT2D eigenvalue weighted by Crippen LogP contribution is 2.33. The number of halogens is 3. The van der Waals surface area contributed by atoms with Crippen molar-refractivity contribution in [2.75, 3.05) is 74.1 Å². The minimum Gasteiger partial charge on any atom is -0.367 e. The maximum atomic E-state index is 13.0. The molecule has 1 aromatic heterocycles. The topological polar surface area (TPSA) is 62.5 Å². The lowest BCUT2D eigenvalue weighted by Gasteiger charge is -2.37. The van der Waals surface area contributed by atoms with Crippen molar-refractivity contribution in [3.63, 3.8) is 0 Å².